The van der Waals surface area contributed by atoms with Gasteiger partial charge in [-0.25, -0.2) is 9.78 Å². The number of esters is 1. The number of benzene rings is 1. The standard InChI is InChI=1S/C15H15BrN2O3S/c1-3-6-21-15(20)11-7-10(16)4-5-12(11)18-14(19)13-9(2)17-8-22-13/h4-5,7-8H,3,6H2,1-2H3,(H,18,19). The van der Waals surface area contributed by atoms with Crippen molar-refractivity contribution in [2.45, 2.75) is 20.3 Å². The third-order valence-electron chi connectivity index (χ3n) is 2.84. The third kappa shape index (κ3) is 3.92. The van der Waals surface area contributed by atoms with Gasteiger partial charge in [-0.05, 0) is 31.5 Å². The normalized spacial score (nSPS) is 10.3. The Labute approximate surface area is 140 Å². The molecule has 0 saturated carbocycles. The molecule has 0 spiro atoms. The number of amides is 1. The molecule has 0 aliphatic heterocycles. The van der Waals surface area contributed by atoms with Crippen LogP contribution in [0.3, 0.4) is 0 Å². The molecule has 5 nitrogen and oxygen atoms in total. The lowest BCUT2D eigenvalue weighted by Gasteiger charge is -2.11. The molecule has 1 N–H and O–H groups in total. The monoisotopic (exact) mass is 382 g/mol. The highest BCUT2D eigenvalue weighted by Gasteiger charge is 2.18. The molecule has 2 aromatic rings. The van der Waals surface area contributed by atoms with Gasteiger partial charge in [0.1, 0.15) is 4.88 Å². The van der Waals surface area contributed by atoms with Crippen LogP contribution in [-0.2, 0) is 4.74 Å². The fraction of sp³-hybridized carbons (Fsp3) is 0.267. The predicted octanol–water partition coefficient (Wildman–Crippen LogP) is 4.03. The van der Waals surface area contributed by atoms with Crippen molar-refractivity contribution in [3.8, 4) is 0 Å². The smallest absolute Gasteiger partial charge is 0.340 e. The van der Waals surface area contributed by atoms with Crippen LogP contribution in [0.5, 0.6) is 0 Å². The summed E-state index contributed by atoms with van der Waals surface area (Å²) in [4.78, 5) is 28.9. The Hall–Kier alpha value is -1.73. The van der Waals surface area contributed by atoms with E-state index in [2.05, 4.69) is 26.2 Å². The van der Waals surface area contributed by atoms with Gasteiger partial charge in [0, 0.05) is 4.47 Å². The molecule has 0 bridgehead atoms. The van der Waals surface area contributed by atoms with Crippen molar-refractivity contribution in [2.75, 3.05) is 11.9 Å². The van der Waals surface area contributed by atoms with Crippen LogP contribution in [0.2, 0.25) is 0 Å². The zero-order chi connectivity index (χ0) is 16.1. The highest BCUT2D eigenvalue weighted by molar-refractivity contribution is 9.10. The number of hydrogen-bond donors (Lipinski definition) is 1. The molecule has 1 heterocycles. The van der Waals surface area contributed by atoms with Gasteiger partial charge in [-0.2, -0.15) is 0 Å². The molecular weight excluding hydrogens is 368 g/mol. The Morgan fingerprint density at radius 1 is 1.41 bits per heavy atom. The van der Waals surface area contributed by atoms with Gasteiger partial charge in [-0.1, -0.05) is 22.9 Å². The number of carbonyl (C=O) groups excluding carboxylic acids is 2. The van der Waals surface area contributed by atoms with Crippen LogP contribution in [0.1, 0.15) is 39.1 Å². The lowest BCUT2D eigenvalue weighted by Crippen LogP contribution is -2.16. The molecule has 0 saturated heterocycles. The zero-order valence-corrected chi connectivity index (χ0v) is 14.6. The number of hydrogen-bond acceptors (Lipinski definition) is 5. The van der Waals surface area contributed by atoms with Crippen molar-refractivity contribution in [3.05, 3.63) is 44.3 Å². The summed E-state index contributed by atoms with van der Waals surface area (Å²) >= 11 is 4.58. The Morgan fingerprint density at radius 3 is 2.82 bits per heavy atom. The van der Waals surface area contributed by atoms with Gasteiger partial charge in [0.05, 0.1) is 29.1 Å². The summed E-state index contributed by atoms with van der Waals surface area (Å²) in [6.45, 7) is 4.03. The molecule has 1 aromatic heterocycles. The molecule has 0 atom stereocenters. The molecule has 0 radical (unpaired) electrons. The van der Waals surface area contributed by atoms with Crippen molar-refractivity contribution >= 4 is 44.8 Å². The summed E-state index contributed by atoms with van der Waals surface area (Å²) in [5.41, 5.74) is 3.01. The van der Waals surface area contributed by atoms with E-state index in [1.807, 2.05) is 6.92 Å². The van der Waals surface area contributed by atoms with Crippen LogP contribution in [-0.4, -0.2) is 23.5 Å². The molecule has 2 rings (SSSR count). The van der Waals surface area contributed by atoms with Crippen molar-refractivity contribution in [1.29, 1.82) is 0 Å². The first-order valence-electron chi connectivity index (χ1n) is 6.71. The van der Waals surface area contributed by atoms with Crippen molar-refractivity contribution < 1.29 is 14.3 Å². The van der Waals surface area contributed by atoms with Gasteiger partial charge in [-0.15, -0.1) is 11.3 Å². The topological polar surface area (TPSA) is 68.3 Å². The number of anilines is 1. The minimum absolute atomic E-state index is 0.285. The highest BCUT2D eigenvalue weighted by Crippen LogP contribution is 2.24. The maximum atomic E-state index is 12.3. The minimum Gasteiger partial charge on any atom is -0.462 e. The van der Waals surface area contributed by atoms with Crippen LogP contribution in [0.4, 0.5) is 5.69 Å². The number of thiazole rings is 1. The fourth-order valence-corrected chi connectivity index (χ4v) is 2.82. The number of aryl methyl sites for hydroxylation is 1. The SMILES string of the molecule is CCCOC(=O)c1cc(Br)ccc1NC(=O)c1scnc1C. The number of rotatable bonds is 5. The first kappa shape index (κ1) is 16.6. The molecular formula is C15H15BrN2O3S. The lowest BCUT2D eigenvalue weighted by molar-refractivity contribution is 0.0506. The van der Waals surface area contributed by atoms with Gasteiger partial charge in [0.15, 0.2) is 0 Å². The van der Waals surface area contributed by atoms with Crippen LogP contribution in [0, 0.1) is 6.92 Å². The number of aromatic nitrogens is 1. The maximum Gasteiger partial charge on any atom is 0.340 e. The Kier molecular flexibility index (Phi) is 5.68. The molecule has 1 amide bonds. The van der Waals surface area contributed by atoms with E-state index in [-0.39, 0.29) is 5.91 Å². The number of nitrogens with zero attached hydrogens (tertiary/aromatic N) is 1. The van der Waals surface area contributed by atoms with E-state index in [0.717, 1.165) is 10.9 Å². The van der Waals surface area contributed by atoms with Gasteiger partial charge in [-0.3, -0.25) is 4.79 Å². The molecule has 1 aromatic carbocycles. The summed E-state index contributed by atoms with van der Waals surface area (Å²) in [5, 5.41) is 2.75. The zero-order valence-electron chi connectivity index (χ0n) is 12.2. The van der Waals surface area contributed by atoms with E-state index in [4.69, 9.17) is 4.74 Å². The van der Waals surface area contributed by atoms with Crippen LogP contribution in [0.25, 0.3) is 0 Å². The lowest BCUT2D eigenvalue weighted by atomic mass is 10.1. The summed E-state index contributed by atoms with van der Waals surface area (Å²) in [5.74, 6) is -0.744. The summed E-state index contributed by atoms with van der Waals surface area (Å²) in [7, 11) is 0. The first-order chi connectivity index (χ1) is 10.5. The van der Waals surface area contributed by atoms with Gasteiger partial charge >= 0.3 is 5.97 Å². The molecule has 116 valence electrons. The second-order valence-corrected chi connectivity index (χ2v) is 6.32. The number of halogens is 1. The van der Waals surface area contributed by atoms with E-state index < -0.39 is 5.97 Å². The van der Waals surface area contributed by atoms with Crippen molar-refractivity contribution in [2.24, 2.45) is 0 Å². The summed E-state index contributed by atoms with van der Waals surface area (Å²) < 4.78 is 5.89. The molecule has 7 heteroatoms. The Morgan fingerprint density at radius 2 is 2.18 bits per heavy atom. The molecule has 0 aliphatic rings. The van der Waals surface area contributed by atoms with Crippen LogP contribution >= 0.6 is 27.3 Å². The first-order valence-corrected chi connectivity index (χ1v) is 8.38. The highest BCUT2D eigenvalue weighted by atomic mass is 79.9. The molecule has 22 heavy (non-hydrogen) atoms. The second kappa shape index (κ2) is 7.51. The minimum atomic E-state index is -0.459. The predicted molar refractivity (Wildman–Crippen MR) is 89.5 cm³/mol. The average molecular weight is 383 g/mol. The number of carbonyl (C=O) groups is 2. The fourth-order valence-electron chi connectivity index (χ4n) is 1.77. The van der Waals surface area contributed by atoms with E-state index in [1.165, 1.54) is 11.3 Å². The second-order valence-electron chi connectivity index (χ2n) is 4.55. The van der Waals surface area contributed by atoms with E-state index in [1.54, 1.807) is 30.6 Å². The molecule has 0 aliphatic carbocycles. The third-order valence-corrected chi connectivity index (χ3v) is 4.26. The van der Waals surface area contributed by atoms with E-state index >= 15 is 0 Å². The van der Waals surface area contributed by atoms with Crippen LogP contribution in [0.15, 0.2) is 28.2 Å². The number of nitrogens with one attached hydrogen (secondary N) is 1. The molecule has 0 fully saturated rings. The maximum absolute atomic E-state index is 12.3. The Balaban J connectivity index is 2.25. The van der Waals surface area contributed by atoms with Crippen molar-refractivity contribution in [3.63, 3.8) is 0 Å². The van der Waals surface area contributed by atoms with Gasteiger partial charge in [0.25, 0.3) is 5.91 Å². The summed E-state index contributed by atoms with van der Waals surface area (Å²) in [6.07, 6.45) is 0.738. The summed E-state index contributed by atoms with van der Waals surface area (Å²) in [6, 6.07) is 5.06. The van der Waals surface area contributed by atoms with Gasteiger partial charge in [0.2, 0.25) is 0 Å². The Bertz CT molecular complexity index is 700. The van der Waals surface area contributed by atoms with E-state index in [0.29, 0.717) is 28.4 Å². The van der Waals surface area contributed by atoms with Crippen LogP contribution < -0.4 is 5.32 Å². The largest absolute Gasteiger partial charge is 0.462 e. The van der Waals surface area contributed by atoms with Gasteiger partial charge < -0.3 is 10.1 Å². The number of ether oxygens (including phenoxy) is 1. The van der Waals surface area contributed by atoms with E-state index in [9.17, 15) is 9.59 Å². The molecule has 0 unspecified atom stereocenters. The van der Waals surface area contributed by atoms with Crippen molar-refractivity contribution in [1.82, 2.24) is 4.98 Å². The average Bonchev–Trinajstić information content (AvgIpc) is 2.92. The quantitative estimate of drug-likeness (QED) is 0.792.